The zero-order valence-corrected chi connectivity index (χ0v) is 11.0. The van der Waals surface area contributed by atoms with Crippen molar-refractivity contribution in [2.45, 2.75) is 19.4 Å². The van der Waals surface area contributed by atoms with E-state index in [0.717, 1.165) is 17.9 Å². The van der Waals surface area contributed by atoms with Crippen LogP contribution in [0.2, 0.25) is 0 Å². The van der Waals surface area contributed by atoms with E-state index in [1.807, 2.05) is 6.20 Å². The van der Waals surface area contributed by atoms with E-state index < -0.39 is 0 Å². The third kappa shape index (κ3) is 1.94. The molecule has 1 atom stereocenters. The number of fused-ring (bicyclic) bond motifs is 1. The van der Waals surface area contributed by atoms with Gasteiger partial charge in [-0.3, -0.25) is 0 Å². The molecule has 3 nitrogen and oxygen atoms in total. The van der Waals surface area contributed by atoms with Gasteiger partial charge in [-0.25, -0.2) is 4.98 Å². The lowest BCUT2D eigenvalue weighted by Gasteiger charge is -2.02. The molecule has 4 heteroatoms. The molecule has 1 aromatic carbocycles. The minimum absolute atomic E-state index is 0.00636. The summed E-state index contributed by atoms with van der Waals surface area (Å²) < 4.78 is 1.29. The van der Waals surface area contributed by atoms with Crippen LogP contribution >= 0.6 is 11.3 Å². The van der Waals surface area contributed by atoms with Crippen LogP contribution in [0.3, 0.4) is 0 Å². The zero-order valence-electron chi connectivity index (χ0n) is 10.2. The summed E-state index contributed by atoms with van der Waals surface area (Å²) in [5.41, 5.74) is 7.02. The summed E-state index contributed by atoms with van der Waals surface area (Å²) in [5.74, 6) is 0.866. The molecule has 92 valence electrons. The van der Waals surface area contributed by atoms with Crippen LogP contribution in [-0.4, -0.2) is 9.97 Å². The molecule has 0 aliphatic heterocycles. The van der Waals surface area contributed by atoms with Crippen LogP contribution < -0.4 is 5.73 Å². The third-order valence-corrected chi connectivity index (χ3v) is 4.23. The number of thiophene rings is 1. The topological polar surface area (TPSA) is 54.7 Å². The second kappa shape index (κ2) is 4.55. The highest BCUT2D eigenvalue weighted by molar-refractivity contribution is 7.22. The highest BCUT2D eigenvalue weighted by atomic mass is 32.1. The quantitative estimate of drug-likeness (QED) is 0.751. The second-order valence-electron chi connectivity index (χ2n) is 4.35. The van der Waals surface area contributed by atoms with Crippen molar-refractivity contribution < 1.29 is 0 Å². The minimum atomic E-state index is -0.00636. The summed E-state index contributed by atoms with van der Waals surface area (Å²) in [4.78, 5) is 8.88. The molecule has 3 aromatic rings. The van der Waals surface area contributed by atoms with Gasteiger partial charge in [0.25, 0.3) is 0 Å². The Balaban J connectivity index is 2.01. The molecule has 3 rings (SSSR count). The lowest BCUT2D eigenvalue weighted by Crippen LogP contribution is -2.10. The van der Waals surface area contributed by atoms with Crippen molar-refractivity contribution in [3.63, 3.8) is 0 Å². The number of benzene rings is 1. The van der Waals surface area contributed by atoms with Crippen LogP contribution in [0, 0.1) is 0 Å². The molecule has 0 bridgehead atoms. The highest BCUT2D eigenvalue weighted by Crippen LogP contribution is 2.32. The van der Waals surface area contributed by atoms with E-state index in [0.29, 0.717) is 0 Å². The number of nitrogens with zero attached hydrogens (tertiary/aromatic N) is 1. The number of nitrogens with two attached hydrogens (primary N) is 1. The molecule has 0 aliphatic carbocycles. The van der Waals surface area contributed by atoms with Gasteiger partial charge >= 0.3 is 0 Å². The normalized spacial score (nSPS) is 13.0. The molecule has 0 saturated heterocycles. The molecule has 0 radical (unpaired) electrons. The fourth-order valence-corrected chi connectivity index (χ4v) is 2.99. The van der Waals surface area contributed by atoms with E-state index in [2.05, 4.69) is 47.2 Å². The maximum absolute atomic E-state index is 5.97. The molecule has 1 unspecified atom stereocenters. The fourth-order valence-electron chi connectivity index (χ4n) is 1.96. The van der Waals surface area contributed by atoms with Crippen molar-refractivity contribution in [3.05, 3.63) is 42.4 Å². The Kier molecular flexibility index (Phi) is 2.89. The number of rotatable bonds is 3. The van der Waals surface area contributed by atoms with Gasteiger partial charge in [0.05, 0.1) is 22.8 Å². The standard InChI is InChI=1S/C14H15N3S/c1-2-10(15)14-16-8-11(17-14)13-7-9-5-3-4-6-12(9)18-13/h3-8,10H,2,15H2,1H3,(H,16,17). The molecular formula is C14H15N3S. The van der Waals surface area contributed by atoms with Crippen LogP contribution in [0.25, 0.3) is 20.7 Å². The maximum atomic E-state index is 5.97. The molecule has 0 aliphatic rings. The summed E-state index contributed by atoms with van der Waals surface area (Å²) in [6.45, 7) is 2.06. The van der Waals surface area contributed by atoms with Gasteiger partial charge in [-0.15, -0.1) is 11.3 Å². The summed E-state index contributed by atoms with van der Waals surface area (Å²) in [6.07, 6.45) is 2.76. The van der Waals surface area contributed by atoms with Gasteiger partial charge in [0.15, 0.2) is 0 Å². The first-order chi connectivity index (χ1) is 8.78. The lowest BCUT2D eigenvalue weighted by molar-refractivity contribution is 0.658. The van der Waals surface area contributed by atoms with Gasteiger partial charge in [0.2, 0.25) is 0 Å². The van der Waals surface area contributed by atoms with Gasteiger partial charge in [0, 0.05) is 4.70 Å². The SMILES string of the molecule is CCC(N)c1ncc(-c2cc3ccccc3s2)[nH]1. The van der Waals surface area contributed by atoms with Gasteiger partial charge in [-0.1, -0.05) is 25.1 Å². The first-order valence-corrected chi connectivity index (χ1v) is 6.89. The fraction of sp³-hybridized carbons (Fsp3) is 0.214. The predicted molar refractivity (Wildman–Crippen MR) is 76.6 cm³/mol. The number of aromatic amines is 1. The molecule has 0 spiro atoms. The van der Waals surface area contributed by atoms with E-state index in [4.69, 9.17) is 5.73 Å². The van der Waals surface area contributed by atoms with Gasteiger partial charge in [0.1, 0.15) is 5.82 Å². The minimum Gasteiger partial charge on any atom is -0.340 e. The Morgan fingerprint density at radius 3 is 3.00 bits per heavy atom. The predicted octanol–water partition coefficient (Wildman–Crippen LogP) is 3.70. The van der Waals surface area contributed by atoms with E-state index in [1.165, 1.54) is 15.0 Å². The average Bonchev–Trinajstić information content (AvgIpc) is 3.03. The maximum Gasteiger partial charge on any atom is 0.123 e. The second-order valence-corrected chi connectivity index (χ2v) is 5.43. The molecule has 18 heavy (non-hydrogen) atoms. The number of H-pyrrole nitrogens is 1. The van der Waals surface area contributed by atoms with Crippen molar-refractivity contribution in [2.24, 2.45) is 5.73 Å². The van der Waals surface area contributed by atoms with Crippen LogP contribution in [-0.2, 0) is 0 Å². The van der Waals surface area contributed by atoms with Crippen LogP contribution in [0.5, 0.6) is 0 Å². The Bertz CT molecular complexity index is 635. The molecule has 2 heterocycles. The summed E-state index contributed by atoms with van der Waals surface area (Å²) >= 11 is 1.77. The summed E-state index contributed by atoms with van der Waals surface area (Å²) in [6, 6.07) is 10.6. The van der Waals surface area contributed by atoms with E-state index in [-0.39, 0.29) is 6.04 Å². The largest absolute Gasteiger partial charge is 0.340 e. The molecule has 0 amide bonds. The first-order valence-electron chi connectivity index (χ1n) is 6.07. The first kappa shape index (κ1) is 11.4. The van der Waals surface area contributed by atoms with E-state index >= 15 is 0 Å². The molecule has 3 N–H and O–H groups in total. The Morgan fingerprint density at radius 2 is 2.22 bits per heavy atom. The monoisotopic (exact) mass is 257 g/mol. The molecule has 0 fully saturated rings. The van der Waals surface area contributed by atoms with Gasteiger partial charge < -0.3 is 10.7 Å². The molecule has 0 saturated carbocycles. The van der Waals surface area contributed by atoms with E-state index in [9.17, 15) is 0 Å². The van der Waals surface area contributed by atoms with Gasteiger partial charge in [-0.2, -0.15) is 0 Å². The zero-order chi connectivity index (χ0) is 12.5. The number of aromatic nitrogens is 2. The number of imidazole rings is 1. The number of hydrogen-bond donors (Lipinski definition) is 2. The lowest BCUT2D eigenvalue weighted by atomic mass is 10.2. The number of hydrogen-bond acceptors (Lipinski definition) is 3. The smallest absolute Gasteiger partial charge is 0.123 e. The van der Waals surface area contributed by atoms with Crippen LogP contribution in [0.4, 0.5) is 0 Å². The Labute approximate surface area is 110 Å². The van der Waals surface area contributed by atoms with Crippen molar-refractivity contribution in [1.82, 2.24) is 9.97 Å². The van der Waals surface area contributed by atoms with E-state index in [1.54, 1.807) is 11.3 Å². The summed E-state index contributed by atoms with van der Waals surface area (Å²) in [7, 11) is 0. The average molecular weight is 257 g/mol. The van der Waals surface area contributed by atoms with Crippen molar-refractivity contribution >= 4 is 21.4 Å². The number of nitrogens with one attached hydrogen (secondary N) is 1. The van der Waals surface area contributed by atoms with Crippen molar-refractivity contribution in [1.29, 1.82) is 0 Å². The molecular weight excluding hydrogens is 242 g/mol. The van der Waals surface area contributed by atoms with Gasteiger partial charge in [-0.05, 0) is 23.9 Å². The third-order valence-electron chi connectivity index (χ3n) is 3.08. The highest BCUT2D eigenvalue weighted by Gasteiger charge is 2.10. The van der Waals surface area contributed by atoms with Crippen molar-refractivity contribution in [3.8, 4) is 10.6 Å². The van der Waals surface area contributed by atoms with Crippen molar-refractivity contribution in [2.75, 3.05) is 0 Å². The summed E-state index contributed by atoms with van der Waals surface area (Å²) in [5, 5.41) is 1.27. The Morgan fingerprint density at radius 1 is 1.39 bits per heavy atom. The molecule has 2 aromatic heterocycles. The van der Waals surface area contributed by atoms with Crippen LogP contribution in [0.1, 0.15) is 25.2 Å². The Hall–Kier alpha value is -1.65. The van der Waals surface area contributed by atoms with Crippen LogP contribution in [0.15, 0.2) is 36.5 Å².